The smallest absolute Gasteiger partial charge is 0.222 e. The van der Waals surface area contributed by atoms with Crippen LogP contribution in [0.1, 0.15) is 51.4 Å². The molecule has 1 aliphatic heterocycles. The minimum Gasteiger partial charge on any atom is -0.345 e. The predicted molar refractivity (Wildman–Crippen MR) is 74.4 cm³/mol. The molecule has 1 saturated heterocycles. The second-order valence-electron chi connectivity index (χ2n) is 6.18. The molecular formula is C15H28N2O. The van der Waals surface area contributed by atoms with Gasteiger partial charge in [-0.3, -0.25) is 4.79 Å². The Bertz CT molecular complexity index is 255. The first kappa shape index (κ1) is 13.9. The van der Waals surface area contributed by atoms with E-state index < -0.39 is 0 Å². The Morgan fingerprint density at radius 3 is 2.56 bits per heavy atom. The largest absolute Gasteiger partial charge is 0.345 e. The number of carbonyl (C=O) groups excluding carboxylic acids is 1. The molecule has 1 unspecified atom stereocenters. The van der Waals surface area contributed by atoms with Gasteiger partial charge in [-0.25, -0.2) is 0 Å². The first-order valence-corrected chi connectivity index (χ1v) is 7.70. The molecule has 2 fully saturated rings. The maximum absolute atomic E-state index is 12.1. The number of carbonyl (C=O) groups is 1. The highest BCUT2D eigenvalue weighted by Crippen LogP contribution is 2.25. The van der Waals surface area contributed by atoms with Crippen molar-refractivity contribution in [1.29, 1.82) is 0 Å². The molecule has 0 radical (unpaired) electrons. The van der Waals surface area contributed by atoms with Crippen molar-refractivity contribution in [2.45, 2.75) is 51.4 Å². The first-order valence-electron chi connectivity index (χ1n) is 7.70. The van der Waals surface area contributed by atoms with Gasteiger partial charge in [-0.05, 0) is 57.0 Å². The van der Waals surface area contributed by atoms with Crippen LogP contribution in [0.2, 0.25) is 0 Å². The number of hydrogen-bond donors (Lipinski definition) is 1. The van der Waals surface area contributed by atoms with Crippen molar-refractivity contribution in [3.05, 3.63) is 0 Å². The normalized spacial score (nSPS) is 25.3. The molecule has 1 atom stereocenters. The van der Waals surface area contributed by atoms with Crippen molar-refractivity contribution < 1.29 is 4.79 Å². The molecule has 1 heterocycles. The predicted octanol–water partition coefficient (Wildman–Crippen LogP) is 2.41. The number of nitrogens with one attached hydrogen (secondary N) is 1. The van der Waals surface area contributed by atoms with E-state index in [0.717, 1.165) is 44.3 Å². The minimum atomic E-state index is 0.354. The summed E-state index contributed by atoms with van der Waals surface area (Å²) in [4.78, 5) is 14.1. The van der Waals surface area contributed by atoms with Crippen LogP contribution in [0.15, 0.2) is 0 Å². The van der Waals surface area contributed by atoms with Crippen LogP contribution in [0, 0.1) is 11.8 Å². The van der Waals surface area contributed by atoms with E-state index in [4.69, 9.17) is 0 Å². The van der Waals surface area contributed by atoms with Crippen LogP contribution < -0.4 is 5.32 Å². The Kier molecular flexibility index (Phi) is 5.48. The third-order valence-corrected chi connectivity index (χ3v) is 4.60. The van der Waals surface area contributed by atoms with Crippen molar-refractivity contribution in [2.75, 3.05) is 26.7 Å². The molecule has 2 aliphatic rings. The zero-order valence-electron chi connectivity index (χ0n) is 11.8. The summed E-state index contributed by atoms with van der Waals surface area (Å²) in [6.07, 6.45) is 9.76. The summed E-state index contributed by atoms with van der Waals surface area (Å²) < 4.78 is 0. The molecule has 3 nitrogen and oxygen atoms in total. The van der Waals surface area contributed by atoms with Crippen LogP contribution >= 0.6 is 0 Å². The van der Waals surface area contributed by atoms with E-state index in [2.05, 4.69) is 5.32 Å². The third-order valence-electron chi connectivity index (χ3n) is 4.60. The number of nitrogens with zero attached hydrogens (tertiary/aromatic N) is 1. The molecule has 1 saturated carbocycles. The molecule has 0 aromatic carbocycles. The van der Waals surface area contributed by atoms with Crippen LogP contribution in [0.5, 0.6) is 0 Å². The highest BCUT2D eigenvalue weighted by atomic mass is 16.2. The fraction of sp³-hybridized carbons (Fsp3) is 0.933. The third kappa shape index (κ3) is 4.27. The van der Waals surface area contributed by atoms with Crippen molar-refractivity contribution in [2.24, 2.45) is 11.8 Å². The fourth-order valence-electron chi connectivity index (χ4n) is 3.37. The molecule has 0 aromatic rings. The summed E-state index contributed by atoms with van der Waals surface area (Å²) in [5.74, 6) is 1.85. The lowest BCUT2D eigenvalue weighted by molar-refractivity contribution is -0.130. The summed E-state index contributed by atoms with van der Waals surface area (Å²) in [5.41, 5.74) is 0. The highest BCUT2D eigenvalue weighted by molar-refractivity contribution is 5.75. The molecule has 18 heavy (non-hydrogen) atoms. The Morgan fingerprint density at radius 2 is 1.89 bits per heavy atom. The molecule has 1 aliphatic carbocycles. The Hall–Kier alpha value is -0.570. The van der Waals surface area contributed by atoms with Gasteiger partial charge in [0.25, 0.3) is 0 Å². The van der Waals surface area contributed by atoms with E-state index >= 15 is 0 Å². The van der Waals surface area contributed by atoms with Gasteiger partial charge in [0, 0.05) is 20.0 Å². The first-order chi connectivity index (χ1) is 8.75. The van der Waals surface area contributed by atoms with E-state index in [1.807, 2.05) is 11.9 Å². The second kappa shape index (κ2) is 7.13. The number of rotatable bonds is 5. The monoisotopic (exact) mass is 252 g/mol. The van der Waals surface area contributed by atoms with Gasteiger partial charge in [0.05, 0.1) is 0 Å². The van der Waals surface area contributed by atoms with Crippen LogP contribution in [-0.2, 0) is 4.79 Å². The Morgan fingerprint density at radius 1 is 1.17 bits per heavy atom. The molecule has 1 amide bonds. The summed E-state index contributed by atoms with van der Waals surface area (Å²) in [6, 6.07) is 0. The molecule has 0 spiro atoms. The van der Waals surface area contributed by atoms with E-state index in [1.54, 1.807) is 0 Å². The lowest BCUT2D eigenvalue weighted by Crippen LogP contribution is -2.33. The Balaban J connectivity index is 1.63. The van der Waals surface area contributed by atoms with Gasteiger partial charge in [0.1, 0.15) is 0 Å². The van der Waals surface area contributed by atoms with E-state index in [1.165, 1.54) is 38.5 Å². The zero-order valence-corrected chi connectivity index (χ0v) is 11.8. The summed E-state index contributed by atoms with van der Waals surface area (Å²) in [6.45, 7) is 3.26. The van der Waals surface area contributed by atoms with Gasteiger partial charge >= 0.3 is 0 Å². The van der Waals surface area contributed by atoms with E-state index in [9.17, 15) is 4.79 Å². The summed E-state index contributed by atoms with van der Waals surface area (Å²) in [5, 5.41) is 3.42. The standard InChI is InChI=1S/C15H28N2O/c1-17(12-14-5-2-3-6-14)15(18)9-8-13-7-4-10-16-11-13/h13-14,16H,2-12H2,1H3. The van der Waals surface area contributed by atoms with E-state index in [-0.39, 0.29) is 0 Å². The SMILES string of the molecule is CN(CC1CCCC1)C(=O)CCC1CCCNC1. The lowest BCUT2D eigenvalue weighted by Gasteiger charge is -2.25. The van der Waals surface area contributed by atoms with Gasteiger partial charge in [-0.15, -0.1) is 0 Å². The molecule has 1 N–H and O–H groups in total. The van der Waals surface area contributed by atoms with Gasteiger partial charge in [-0.1, -0.05) is 12.8 Å². The minimum absolute atomic E-state index is 0.354. The fourth-order valence-corrected chi connectivity index (χ4v) is 3.37. The van der Waals surface area contributed by atoms with E-state index in [0.29, 0.717) is 5.91 Å². The number of hydrogen-bond acceptors (Lipinski definition) is 2. The van der Waals surface area contributed by atoms with Gasteiger partial charge in [0.2, 0.25) is 5.91 Å². The molecule has 2 rings (SSSR count). The van der Waals surface area contributed by atoms with Crippen LogP contribution in [0.25, 0.3) is 0 Å². The number of amides is 1. The van der Waals surface area contributed by atoms with Gasteiger partial charge in [0.15, 0.2) is 0 Å². The highest BCUT2D eigenvalue weighted by Gasteiger charge is 2.20. The van der Waals surface area contributed by atoms with Gasteiger partial charge in [-0.2, -0.15) is 0 Å². The second-order valence-corrected chi connectivity index (χ2v) is 6.18. The quantitative estimate of drug-likeness (QED) is 0.815. The van der Waals surface area contributed by atoms with Crippen molar-refractivity contribution in [1.82, 2.24) is 10.2 Å². The molecular weight excluding hydrogens is 224 g/mol. The van der Waals surface area contributed by atoms with Gasteiger partial charge < -0.3 is 10.2 Å². The summed E-state index contributed by atoms with van der Waals surface area (Å²) >= 11 is 0. The lowest BCUT2D eigenvalue weighted by atomic mass is 9.94. The van der Waals surface area contributed by atoms with Crippen LogP contribution in [0.3, 0.4) is 0 Å². The van der Waals surface area contributed by atoms with Crippen LogP contribution in [-0.4, -0.2) is 37.5 Å². The maximum atomic E-state index is 12.1. The topological polar surface area (TPSA) is 32.3 Å². The zero-order chi connectivity index (χ0) is 12.8. The van der Waals surface area contributed by atoms with Crippen molar-refractivity contribution >= 4 is 5.91 Å². The molecule has 104 valence electrons. The molecule has 0 aromatic heterocycles. The van der Waals surface area contributed by atoms with Crippen molar-refractivity contribution in [3.63, 3.8) is 0 Å². The number of piperidine rings is 1. The molecule has 3 heteroatoms. The average molecular weight is 252 g/mol. The van der Waals surface area contributed by atoms with Crippen LogP contribution in [0.4, 0.5) is 0 Å². The maximum Gasteiger partial charge on any atom is 0.222 e. The molecule has 0 bridgehead atoms. The van der Waals surface area contributed by atoms with Crippen molar-refractivity contribution in [3.8, 4) is 0 Å². The Labute approximate surface area is 111 Å². The summed E-state index contributed by atoms with van der Waals surface area (Å²) in [7, 11) is 1.99. The average Bonchev–Trinajstić information content (AvgIpc) is 2.90.